The SMILES string of the molecule is Cc1cc(C(=O)CC(CO)CO)ccc1-c1ccc(CC(CC(=O)C2CCC(CNC(=O)OC(C)(C)C)CC2)C(=O)Nc2ccc(C3=NCN=N3)cc2)cc1. The van der Waals surface area contributed by atoms with Crippen molar-refractivity contribution < 1.29 is 34.1 Å². The van der Waals surface area contributed by atoms with Crippen molar-refractivity contribution in [1.82, 2.24) is 5.32 Å². The number of aryl methyl sites for hydroxylation is 1. The van der Waals surface area contributed by atoms with Crippen LogP contribution in [0.3, 0.4) is 0 Å². The molecule has 55 heavy (non-hydrogen) atoms. The number of Topliss-reactive ketones (excluding diaryl/α,β-unsaturated/α-hetero) is 2. The summed E-state index contributed by atoms with van der Waals surface area (Å²) in [5, 5.41) is 32.6. The number of hydrogen-bond acceptors (Lipinski definition) is 10. The fourth-order valence-electron chi connectivity index (χ4n) is 7.06. The maximum Gasteiger partial charge on any atom is 0.407 e. The molecular weight excluding hydrogens is 699 g/mol. The van der Waals surface area contributed by atoms with Gasteiger partial charge in [-0.25, -0.2) is 9.79 Å². The van der Waals surface area contributed by atoms with E-state index in [0.717, 1.165) is 40.7 Å². The molecular formula is C43H53N5O7. The van der Waals surface area contributed by atoms with Gasteiger partial charge in [-0.15, -0.1) is 5.11 Å². The van der Waals surface area contributed by atoms with Crippen LogP contribution >= 0.6 is 0 Å². The molecule has 1 aliphatic heterocycles. The summed E-state index contributed by atoms with van der Waals surface area (Å²) in [7, 11) is 0. The Bertz CT molecular complexity index is 1870. The second-order valence-electron chi connectivity index (χ2n) is 15.7. The van der Waals surface area contributed by atoms with E-state index in [1.165, 1.54) is 0 Å². The summed E-state index contributed by atoms with van der Waals surface area (Å²) in [5.41, 5.74) is 5.10. The normalized spacial score (nSPS) is 17.4. The molecule has 0 saturated heterocycles. The van der Waals surface area contributed by atoms with E-state index in [9.17, 15) is 29.4 Å². The molecule has 1 fully saturated rings. The zero-order valence-corrected chi connectivity index (χ0v) is 32.2. The quantitative estimate of drug-likeness (QED) is 0.113. The van der Waals surface area contributed by atoms with Crippen molar-refractivity contribution >= 4 is 35.1 Å². The fourth-order valence-corrected chi connectivity index (χ4v) is 7.06. The van der Waals surface area contributed by atoms with Crippen LogP contribution < -0.4 is 10.6 Å². The molecule has 0 spiro atoms. The lowest BCUT2D eigenvalue weighted by Gasteiger charge is -2.29. The number of nitrogens with zero attached hydrogens (tertiary/aromatic N) is 3. The highest BCUT2D eigenvalue weighted by Gasteiger charge is 2.31. The summed E-state index contributed by atoms with van der Waals surface area (Å²) in [4.78, 5) is 56.8. The Morgan fingerprint density at radius 2 is 1.55 bits per heavy atom. The Kier molecular flexibility index (Phi) is 14.2. The van der Waals surface area contributed by atoms with Gasteiger partial charge in [-0.05, 0) is 118 Å². The highest BCUT2D eigenvalue weighted by molar-refractivity contribution is 6.01. The third-order valence-corrected chi connectivity index (χ3v) is 10.2. The summed E-state index contributed by atoms with van der Waals surface area (Å²) in [5.74, 6) is -0.720. The van der Waals surface area contributed by atoms with E-state index in [0.29, 0.717) is 49.6 Å². The number of aliphatic hydroxyl groups is 2. The Morgan fingerprint density at radius 1 is 0.873 bits per heavy atom. The first-order chi connectivity index (χ1) is 26.3. The Balaban J connectivity index is 1.25. The monoisotopic (exact) mass is 751 g/mol. The van der Waals surface area contributed by atoms with Crippen molar-refractivity contribution in [2.45, 2.75) is 78.2 Å². The molecule has 2 amide bonds. The number of aliphatic hydroxyl groups excluding tert-OH is 2. The third kappa shape index (κ3) is 12.0. The van der Waals surface area contributed by atoms with E-state index in [2.05, 4.69) is 25.9 Å². The van der Waals surface area contributed by atoms with Crippen LogP contribution in [-0.4, -0.2) is 71.6 Å². The number of anilines is 1. The van der Waals surface area contributed by atoms with E-state index in [1.54, 1.807) is 18.2 Å². The highest BCUT2D eigenvalue weighted by Crippen LogP contribution is 2.32. The molecule has 12 heteroatoms. The van der Waals surface area contributed by atoms with Crippen molar-refractivity contribution in [3.63, 3.8) is 0 Å². The van der Waals surface area contributed by atoms with Gasteiger partial charge in [-0.2, -0.15) is 5.11 Å². The molecule has 1 heterocycles. The van der Waals surface area contributed by atoms with Gasteiger partial charge in [0.15, 0.2) is 18.3 Å². The Labute approximate surface area is 322 Å². The van der Waals surface area contributed by atoms with Crippen LogP contribution in [-0.2, 0) is 20.7 Å². The number of carbonyl (C=O) groups is 4. The molecule has 0 radical (unpaired) electrons. The van der Waals surface area contributed by atoms with Crippen molar-refractivity contribution in [3.8, 4) is 11.1 Å². The molecule has 1 atom stereocenters. The molecule has 1 unspecified atom stereocenters. The summed E-state index contributed by atoms with van der Waals surface area (Å²) < 4.78 is 5.36. The van der Waals surface area contributed by atoms with E-state index < -0.39 is 23.5 Å². The smallest absolute Gasteiger partial charge is 0.407 e. The minimum absolute atomic E-state index is 0.0696. The van der Waals surface area contributed by atoms with Crippen LogP contribution in [0.4, 0.5) is 10.5 Å². The first-order valence-electron chi connectivity index (χ1n) is 19.1. The number of ketones is 2. The summed E-state index contributed by atoms with van der Waals surface area (Å²) in [6.07, 6.45) is 3.14. The van der Waals surface area contributed by atoms with Crippen LogP contribution in [0, 0.1) is 30.6 Å². The van der Waals surface area contributed by atoms with Gasteiger partial charge in [0.25, 0.3) is 0 Å². The second kappa shape index (κ2) is 19.0. The molecule has 3 aromatic carbocycles. The molecule has 0 aromatic heterocycles. The van der Waals surface area contributed by atoms with Gasteiger partial charge >= 0.3 is 6.09 Å². The molecule has 4 N–H and O–H groups in total. The number of aliphatic imine (C=N–C) groups is 1. The summed E-state index contributed by atoms with van der Waals surface area (Å²) in [6, 6.07) is 20.7. The molecule has 1 aliphatic carbocycles. The maximum absolute atomic E-state index is 13.9. The van der Waals surface area contributed by atoms with Crippen LogP contribution in [0.2, 0.25) is 0 Å². The average Bonchev–Trinajstić information content (AvgIpc) is 3.71. The highest BCUT2D eigenvalue weighted by atomic mass is 16.6. The number of alkyl carbamates (subject to hydrolysis) is 1. The molecule has 0 bridgehead atoms. The number of benzene rings is 3. The second-order valence-corrected chi connectivity index (χ2v) is 15.7. The van der Waals surface area contributed by atoms with Crippen molar-refractivity contribution in [2.24, 2.45) is 38.9 Å². The molecule has 1 saturated carbocycles. The van der Waals surface area contributed by atoms with Gasteiger partial charge in [0.2, 0.25) is 5.91 Å². The minimum Gasteiger partial charge on any atom is -0.444 e. The van der Waals surface area contributed by atoms with Crippen LogP contribution in [0.15, 0.2) is 82.0 Å². The van der Waals surface area contributed by atoms with Crippen molar-refractivity contribution in [3.05, 3.63) is 89.0 Å². The van der Waals surface area contributed by atoms with Crippen LogP contribution in [0.25, 0.3) is 11.1 Å². The number of amides is 2. The summed E-state index contributed by atoms with van der Waals surface area (Å²) >= 11 is 0. The van der Waals surface area contributed by atoms with Gasteiger partial charge in [0, 0.05) is 67.2 Å². The van der Waals surface area contributed by atoms with Crippen molar-refractivity contribution in [1.29, 1.82) is 0 Å². The van der Waals surface area contributed by atoms with E-state index in [4.69, 9.17) is 4.74 Å². The molecule has 2 aliphatic rings. The predicted octanol–water partition coefficient (Wildman–Crippen LogP) is 7.09. The van der Waals surface area contributed by atoms with Gasteiger partial charge in [0.1, 0.15) is 11.4 Å². The Morgan fingerprint density at radius 3 is 2.15 bits per heavy atom. The lowest BCUT2D eigenvalue weighted by atomic mass is 9.77. The molecule has 3 aromatic rings. The largest absolute Gasteiger partial charge is 0.444 e. The van der Waals surface area contributed by atoms with E-state index >= 15 is 0 Å². The standard InChI is InChI=1S/C43H53N5O7/c1-27-19-34(38(51)21-30(24-49)25-50)15-18-37(27)31-9-5-28(6-10-31)20-35(41(53)47-36-16-13-33(14-17-36)40-45-26-46-48-40)22-39(52)32-11-7-29(8-12-32)23-44-42(54)55-43(2,3)4/h5-6,9-10,13-19,29-30,32,35,49-50H,7-8,11-12,20-26H2,1-4H3,(H,44,54)(H,47,53). The number of rotatable bonds is 16. The number of amidine groups is 1. The number of nitrogens with one attached hydrogen (secondary N) is 2. The lowest BCUT2D eigenvalue weighted by Crippen LogP contribution is -2.37. The van der Waals surface area contributed by atoms with Gasteiger partial charge in [0.05, 0.1) is 0 Å². The maximum atomic E-state index is 13.9. The average molecular weight is 752 g/mol. The first kappa shape index (κ1) is 41.1. The number of azo groups is 1. The number of carbonyl (C=O) groups excluding carboxylic acids is 4. The number of hydrogen-bond donors (Lipinski definition) is 4. The van der Waals surface area contributed by atoms with Crippen LogP contribution in [0.5, 0.6) is 0 Å². The van der Waals surface area contributed by atoms with E-state index in [-0.39, 0.29) is 55.4 Å². The predicted molar refractivity (Wildman–Crippen MR) is 211 cm³/mol. The van der Waals surface area contributed by atoms with Gasteiger partial charge < -0.3 is 25.6 Å². The topological polar surface area (TPSA) is 179 Å². The van der Waals surface area contributed by atoms with Gasteiger partial charge in [-0.3, -0.25) is 14.4 Å². The molecule has 5 rings (SSSR count). The third-order valence-electron chi connectivity index (χ3n) is 10.2. The van der Waals surface area contributed by atoms with Crippen molar-refractivity contribution in [2.75, 3.05) is 31.7 Å². The summed E-state index contributed by atoms with van der Waals surface area (Å²) in [6.45, 7) is 7.72. The molecule has 12 nitrogen and oxygen atoms in total. The fraction of sp³-hybridized carbons (Fsp3) is 0.465. The van der Waals surface area contributed by atoms with E-state index in [1.807, 2.05) is 76.2 Å². The molecule has 292 valence electrons. The zero-order valence-electron chi connectivity index (χ0n) is 32.2. The minimum atomic E-state index is -0.605. The number of ether oxygens (including phenoxy) is 1. The Hall–Kier alpha value is -5.07. The van der Waals surface area contributed by atoms with Crippen LogP contribution in [0.1, 0.15) is 86.3 Å². The zero-order chi connectivity index (χ0) is 39.5. The first-order valence-corrected chi connectivity index (χ1v) is 19.1. The lowest BCUT2D eigenvalue weighted by molar-refractivity contribution is -0.129. The van der Waals surface area contributed by atoms with Gasteiger partial charge in [-0.1, -0.05) is 36.4 Å².